The highest BCUT2D eigenvalue weighted by Crippen LogP contribution is 2.16. The summed E-state index contributed by atoms with van der Waals surface area (Å²) in [5, 5.41) is 3.61. The molecule has 82 valence electrons. The van der Waals surface area contributed by atoms with Crippen molar-refractivity contribution in [3.8, 4) is 0 Å². The first-order valence-corrected chi connectivity index (χ1v) is 4.61. The number of nitrogens with one attached hydrogen (secondary N) is 1. The quantitative estimate of drug-likeness (QED) is 0.375. The maximum Gasteiger partial charge on any atom is 0.287 e. The number of rotatable bonds is 2. The fourth-order valence-corrected chi connectivity index (χ4v) is 1.38. The van der Waals surface area contributed by atoms with Gasteiger partial charge in [-0.15, -0.1) is 0 Å². The summed E-state index contributed by atoms with van der Waals surface area (Å²) in [7, 11) is 0. The first-order chi connectivity index (χ1) is 7.31. The summed E-state index contributed by atoms with van der Waals surface area (Å²) in [6.07, 6.45) is 0. The molecule has 15 heavy (non-hydrogen) atoms. The average Bonchev–Trinajstić information content (AvgIpc) is 2.78. The normalized spacial score (nSPS) is 16.5. The van der Waals surface area contributed by atoms with E-state index in [1.54, 1.807) is 6.07 Å². The van der Waals surface area contributed by atoms with E-state index >= 15 is 0 Å². The molecule has 7 heteroatoms. The molecule has 2 rings (SSSR count). The number of aromatic nitrogens is 1. The maximum atomic E-state index is 11.1. The largest absolute Gasteiger partial charge is 0.378 e. The number of nitrogens with two attached hydrogens (primary N) is 1. The van der Waals surface area contributed by atoms with Gasteiger partial charge in [-0.3, -0.25) is 10.2 Å². The minimum Gasteiger partial charge on any atom is -0.378 e. The van der Waals surface area contributed by atoms with Crippen molar-refractivity contribution in [3.63, 3.8) is 0 Å². The first kappa shape index (κ1) is 9.94. The second-order valence-corrected chi connectivity index (χ2v) is 3.12. The van der Waals surface area contributed by atoms with E-state index in [0.717, 1.165) is 13.1 Å². The molecule has 0 atom stereocenters. The monoisotopic (exact) mass is 212 g/mol. The Morgan fingerprint density at radius 3 is 2.93 bits per heavy atom. The van der Waals surface area contributed by atoms with Gasteiger partial charge in [0, 0.05) is 19.2 Å². The lowest BCUT2D eigenvalue weighted by Crippen LogP contribution is -2.36. The van der Waals surface area contributed by atoms with Crippen molar-refractivity contribution in [3.05, 3.63) is 11.8 Å². The molecule has 0 spiro atoms. The van der Waals surface area contributed by atoms with Crippen molar-refractivity contribution in [1.29, 1.82) is 0 Å². The van der Waals surface area contributed by atoms with Gasteiger partial charge in [-0.25, -0.2) is 5.84 Å². The minimum atomic E-state index is -0.460. The van der Waals surface area contributed by atoms with E-state index in [1.165, 1.54) is 0 Å². The zero-order valence-corrected chi connectivity index (χ0v) is 8.10. The van der Waals surface area contributed by atoms with Gasteiger partial charge in [-0.1, -0.05) is 5.16 Å². The van der Waals surface area contributed by atoms with Gasteiger partial charge in [0.25, 0.3) is 5.91 Å². The van der Waals surface area contributed by atoms with E-state index in [1.807, 2.05) is 10.3 Å². The Kier molecular flexibility index (Phi) is 2.84. The molecule has 7 nitrogen and oxygen atoms in total. The molecule has 0 unspecified atom stereocenters. The summed E-state index contributed by atoms with van der Waals surface area (Å²) in [4.78, 5) is 13.1. The second-order valence-electron chi connectivity index (χ2n) is 3.12. The minimum absolute atomic E-state index is 0.180. The number of amides is 1. The molecule has 1 fully saturated rings. The van der Waals surface area contributed by atoms with Gasteiger partial charge >= 0.3 is 0 Å². The molecular formula is C8H12N4O3. The molecule has 0 aliphatic carbocycles. The third kappa shape index (κ3) is 2.08. The third-order valence-corrected chi connectivity index (χ3v) is 2.18. The number of hydrogen-bond donors (Lipinski definition) is 2. The molecule has 1 aromatic heterocycles. The number of morpholine rings is 1. The van der Waals surface area contributed by atoms with Crippen molar-refractivity contribution in [1.82, 2.24) is 10.6 Å². The van der Waals surface area contributed by atoms with Gasteiger partial charge in [0.15, 0.2) is 5.69 Å². The topological polar surface area (TPSA) is 93.6 Å². The van der Waals surface area contributed by atoms with Crippen LogP contribution in [0, 0.1) is 0 Å². The van der Waals surface area contributed by atoms with Crippen molar-refractivity contribution in [2.75, 3.05) is 31.2 Å². The smallest absolute Gasteiger partial charge is 0.287 e. The van der Waals surface area contributed by atoms with Crippen molar-refractivity contribution in [2.45, 2.75) is 0 Å². The van der Waals surface area contributed by atoms with Crippen LogP contribution in [0.2, 0.25) is 0 Å². The van der Waals surface area contributed by atoms with Crippen molar-refractivity contribution < 1.29 is 14.1 Å². The van der Waals surface area contributed by atoms with E-state index in [2.05, 4.69) is 5.16 Å². The summed E-state index contributed by atoms with van der Waals surface area (Å²) in [5.74, 6) is 5.08. The lowest BCUT2D eigenvalue weighted by molar-refractivity contribution is 0.0944. The van der Waals surface area contributed by atoms with Gasteiger partial charge in [0.1, 0.15) is 0 Å². The van der Waals surface area contributed by atoms with Crippen LogP contribution in [0.15, 0.2) is 10.6 Å². The summed E-state index contributed by atoms with van der Waals surface area (Å²) < 4.78 is 10.2. The SMILES string of the molecule is NNC(=O)c1cc(N2CCOCC2)on1. The molecule has 1 aliphatic heterocycles. The van der Waals surface area contributed by atoms with Crippen LogP contribution in [0.25, 0.3) is 0 Å². The summed E-state index contributed by atoms with van der Waals surface area (Å²) in [6.45, 7) is 2.77. The van der Waals surface area contributed by atoms with Crippen LogP contribution in [0.4, 0.5) is 5.88 Å². The number of carbonyl (C=O) groups is 1. The first-order valence-electron chi connectivity index (χ1n) is 4.61. The highest BCUT2D eigenvalue weighted by atomic mass is 16.5. The van der Waals surface area contributed by atoms with Crippen LogP contribution in [0.1, 0.15) is 10.5 Å². The van der Waals surface area contributed by atoms with Crippen LogP contribution in [-0.2, 0) is 4.74 Å². The molecule has 0 radical (unpaired) electrons. The number of carbonyl (C=O) groups excluding carboxylic acids is 1. The van der Waals surface area contributed by atoms with E-state index in [9.17, 15) is 4.79 Å². The molecule has 0 aromatic carbocycles. The Balaban J connectivity index is 2.08. The zero-order chi connectivity index (χ0) is 10.7. The summed E-state index contributed by atoms with van der Waals surface area (Å²) in [6, 6.07) is 1.56. The predicted molar refractivity (Wildman–Crippen MR) is 51.2 cm³/mol. The fraction of sp³-hybridized carbons (Fsp3) is 0.500. The molecule has 0 saturated carbocycles. The number of hydrogen-bond acceptors (Lipinski definition) is 6. The molecule has 0 bridgehead atoms. The van der Waals surface area contributed by atoms with Crippen LogP contribution in [0.3, 0.4) is 0 Å². The number of anilines is 1. The maximum absolute atomic E-state index is 11.1. The highest BCUT2D eigenvalue weighted by Gasteiger charge is 2.18. The Morgan fingerprint density at radius 2 is 2.27 bits per heavy atom. The number of nitrogens with zero attached hydrogens (tertiary/aromatic N) is 2. The molecule has 1 aliphatic rings. The van der Waals surface area contributed by atoms with Gasteiger partial charge in [0.2, 0.25) is 5.88 Å². The van der Waals surface area contributed by atoms with E-state index in [-0.39, 0.29) is 5.69 Å². The van der Waals surface area contributed by atoms with E-state index < -0.39 is 5.91 Å². The number of ether oxygens (including phenoxy) is 1. The Labute approximate surface area is 86.1 Å². The third-order valence-electron chi connectivity index (χ3n) is 2.18. The average molecular weight is 212 g/mol. The lowest BCUT2D eigenvalue weighted by Gasteiger charge is -2.25. The van der Waals surface area contributed by atoms with E-state index in [0.29, 0.717) is 19.1 Å². The predicted octanol–water partition coefficient (Wildman–Crippen LogP) is -0.885. The van der Waals surface area contributed by atoms with Crippen LogP contribution in [0.5, 0.6) is 0 Å². The van der Waals surface area contributed by atoms with Gasteiger partial charge in [0.05, 0.1) is 13.2 Å². The molecule has 1 amide bonds. The highest BCUT2D eigenvalue weighted by molar-refractivity contribution is 5.92. The number of nitrogen functional groups attached to an aromatic ring is 1. The molecular weight excluding hydrogens is 200 g/mol. The van der Waals surface area contributed by atoms with Gasteiger partial charge in [-0.05, 0) is 0 Å². The Hall–Kier alpha value is -1.60. The summed E-state index contributed by atoms with van der Waals surface area (Å²) >= 11 is 0. The van der Waals surface area contributed by atoms with Crippen LogP contribution in [-0.4, -0.2) is 37.4 Å². The zero-order valence-electron chi connectivity index (χ0n) is 8.10. The number of hydrazine groups is 1. The Bertz CT molecular complexity index is 345. The molecule has 1 aromatic rings. The molecule has 2 heterocycles. The molecule has 3 N–H and O–H groups in total. The van der Waals surface area contributed by atoms with Crippen LogP contribution >= 0.6 is 0 Å². The Morgan fingerprint density at radius 1 is 1.53 bits per heavy atom. The van der Waals surface area contributed by atoms with E-state index in [4.69, 9.17) is 15.1 Å². The standard InChI is InChI=1S/C8H12N4O3/c9-10-8(13)6-5-7(15-11-6)12-1-3-14-4-2-12/h5H,1-4,9H2,(H,10,13). The molecule has 1 saturated heterocycles. The van der Waals surface area contributed by atoms with Crippen molar-refractivity contribution in [2.24, 2.45) is 5.84 Å². The second kappa shape index (κ2) is 4.28. The summed E-state index contributed by atoms with van der Waals surface area (Å²) in [5.41, 5.74) is 2.17. The van der Waals surface area contributed by atoms with Gasteiger partial charge < -0.3 is 14.2 Å². The van der Waals surface area contributed by atoms with Crippen molar-refractivity contribution >= 4 is 11.8 Å². The fourth-order valence-electron chi connectivity index (χ4n) is 1.38. The lowest BCUT2D eigenvalue weighted by atomic mass is 10.3. The van der Waals surface area contributed by atoms with Crippen LogP contribution < -0.4 is 16.2 Å². The van der Waals surface area contributed by atoms with Gasteiger partial charge in [-0.2, -0.15) is 0 Å².